The number of anilines is 3. The van der Waals surface area contributed by atoms with E-state index in [1.165, 1.54) is 11.1 Å². The van der Waals surface area contributed by atoms with Crippen molar-refractivity contribution in [2.75, 3.05) is 4.90 Å². The van der Waals surface area contributed by atoms with Crippen molar-refractivity contribution in [3.05, 3.63) is 188 Å². The summed E-state index contributed by atoms with van der Waals surface area (Å²) in [6.45, 7) is 0. The zero-order valence-electron chi connectivity index (χ0n) is 29.5. The molecule has 1 aliphatic heterocycles. The van der Waals surface area contributed by atoms with E-state index in [0.29, 0.717) is 0 Å². The molecule has 10 aromatic rings. The molecule has 11 rings (SSSR count). The Morgan fingerprint density at radius 3 is 1.24 bits per heavy atom. The number of hydrogen-bond acceptors (Lipinski definition) is 5. The summed E-state index contributed by atoms with van der Waals surface area (Å²) in [6.07, 6.45) is 3.65. The molecule has 0 unspecified atom stereocenters. The first-order chi connectivity index (χ1) is 27.3. The van der Waals surface area contributed by atoms with E-state index < -0.39 is 0 Å². The van der Waals surface area contributed by atoms with Crippen LogP contribution in [0.15, 0.2) is 188 Å². The summed E-state index contributed by atoms with van der Waals surface area (Å²) in [5.41, 5.74) is 14.8. The minimum atomic E-state index is 0.781. The lowest BCUT2D eigenvalue weighted by Gasteiger charge is -2.28. The molecule has 0 fully saturated rings. The predicted molar refractivity (Wildman–Crippen MR) is 221 cm³/mol. The van der Waals surface area contributed by atoms with Gasteiger partial charge in [-0.15, -0.1) is 0 Å². The van der Waals surface area contributed by atoms with Crippen LogP contribution in [-0.4, -0.2) is 29.1 Å². The van der Waals surface area contributed by atoms with E-state index in [1.807, 2.05) is 73.1 Å². The summed E-state index contributed by atoms with van der Waals surface area (Å²) in [6, 6.07) is 61.3. The van der Waals surface area contributed by atoms with Gasteiger partial charge in [0.2, 0.25) is 0 Å². The van der Waals surface area contributed by atoms with Gasteiger partial charge in [0, 0.05) is 51.7 Å². The van der Waals surface area contributed by atoms with Crippen LogP contribution in [0.2, 0.25) is 0 Å². The van der Waals surface area contributed by atoms with Crippen LogP contribution in [0.4, 0.5) is 17.1 Å². The molecule has 0 atom stereocenters. The van der Waals surface area contributed by atoms with Crippen molar-refractivity contribution < 1.29 is 0 Å². The smallest absolute Gasteiger partial charge is 0.164 e. The molecule has 0 saturated heterocycles. The molecular formula is C48H31N7. The van der Waals surface area contributed by atoms with Gasteiger partial charge in [0.1, 0.15) is 22.7 Å². The molecule has 7 nitrogen and oxygen atoms in total. The molecule has 0 N–H and O–H groups in total. The van der Waals surface area contributed by atoms with Crippen molar-refractivity contribution in [3.63, 3.8) is 0 Å². The highest BCUT2D eigenvalue weighted by atomic mass is 15.2. The van der Waals surface area contributed by atoms with Gasteiger partial charge in [0.25, 0.3) is 0 Å². The molecule has 55 heavy (non-hydrogen) atoms. The van der Waals surface area contributed by atoms with Gasteiger partial charge in [0.05, 0.1) is 11.4 Å². The van der Waals surface area contributed by atoms with E-state index in [9.17, 15) is 0 Å². The zero-order valence-corrected chi connectivity index (χ0v) is 29.5. The van der Waals surface area contributed by atoms with Gasteiger partial charge >= 0.3 is 0 Å². The largest absolute Gasteiger partial charge is 0.309 e. The van der Waals surface area contributed by atoms with Crippen molar-refractivity contribution in [2.45, 2.75) is 0 Å². The highest BCUT2D eigenvalue weighted by Crippen LogP contribution is 2.51. The van der Waals surface area contributed by atoms with Crippen LogP contribution in [0, 0.1) is 0 Å². The first kappa shape index (κ1) is 30.9. The lowest BCUT2D eigenvalue weighted by Crippen LogP contribution is -2.12. The molecule has 4 aromatic heterocycles. The quantitative estimate of drug-likeness (QED) is 0.178. The highest BCUT2D eigenvalue weighted by Gasteiger charge is 2.28. The average molecular weight is 706 g/mol. The lowest BCUT2D eigenvalue weighted by molar-refractivity contribution is 1.07. The highest BCUT2D eigenvalue weighted by molar-refractivity contribution is 6.03. The molecule has 0 bridgehead atoms. The molecule has 0 spiro atoms. The Morgan fingerprint density at radius 2 is 0.764 bits per heavy atom. The normalized spacial score (nSPS) is 12.0. The van der Waals surface area contributed by atoms with Crippen LogP contribution >= 0.6 is 0 Å². The summed E-state index contributed by atoms with van der Waals surface area (Å²) in [4.78, 5) is 22.6. The Balaban J connectivity index is 1.25. The minimum Gasteiger partial charge on any atom is -0.309 e. The fourth-order valence-corrected chi connectivity index (χ4v) is 8.01. The van der Waals surface area contributed by atoms with Crippen LogP contribution in [-0.2, 0) is 0 Å². The van der Waals surface area contributed by atoms with Crippen molar-refractivity contribution >= 4 is 39.4 Å². The monoisotopic (exact) mass is 705 g/mol. The summed E-state index contributed by atoms with van der Waals surface area (Å²) in [7, 11) is 0. The van der Waals surface area contributed by atoms with E-state index in [0.717, 1.165) is 84.7 Å². The maximum absolute atomic E-state index is 5.29. The van der Waals surface area contributed by atoms with Crippen molar-refractivity contribution in [2.24, 2.45) is 0 Å². The minimum absolute atomic E-state index is 0.781. The van der Waals surface area contributed by atoms with Crippen molar-refractivity contribution in [1.29, 1.82) is 0 Å². The molecule has 0 radical (unpaired) electrons. The Morgan fingerprint density at radius 1 is 0.345 bits per heavy atom. The van der Waals surface area contributed by atoms with Gasteiger partial charge in [-0.05, 0) is 90.0 Å². The first-order valence-corrected chi connectivity index (χ1v) is 18.3. The van der Waals surface area contributed by atoms with Gasteiger partial charge in [-0.3, -0.25) is 9.13 Å². The van der Waals surface area contributed by atoms with E-state index in [2.05, 4.69) is 129 Å². The van der Waals surface area contributed by atoms with Crippen LogP contribution in [0.3, 0.4) is 0 Å². The van der Waals surface area contributed by atoms with E-state index >= 15 is 0 Å². The Labute approximate surface area is 317 Å². The molecule has 7 heteroatoms. The summed E-state index contributed by atoms with van der Waals surface area (Å²) >= 11 is 0. The number of fused-ring (bicyclic) bond motifs is 7. The first-order valence-electron chi connectivity index (χ1n) is 18.3. The predicted octanol–water partition coefficient (Wildman–Crippen LogP) is 11.6. The second-order valence-electron chi connectivity index (χ2n) is 13.6. The van der Waals surface area contributed by atoms with E-state index in [-0.39, 0.29) is 0 Å². The van der Waals surface area contributed by atoms with E-state index in [1.54, 1.807) is 0 Å². The number of benzene rings is 6. The Kier molecular flexibility index (Phi) is 7.03. The summed E-state index contributed by atoms with van der Waals surface area (Å²) in [5.74, 6) is 1.56. The number of rotatable bonds is 5. The molecule has 5 heterocycles. The van der Waals surface area contributed by atoms with Crippen LogP contribution in [0.1, 0.15) is 0 Å². The zero-order chi connectivity index (χ0) is 36.3. The second kappa shape index (κ2) is 12.5. The van der Waals surface area contributed by atoms with Gasteiger partial charge in [-0.25, -0.2) is 19.9 Å². The van der Waals surface area contributed by atoms with Crippen LogP contribution in [0.25, 0.3) is 78.7 Å². The molecule has 0 saturated carbocycles. The number of para-hydroxylation sites is 4. The fourth-order valence-electron chi connectivity index (χ4n) is 8.01. The van der Waals surface area contributed by atoms with E-state index in [4.69, 9.17) is 19.9 Å². The van der Waals surface area contributed by atoms with Crippen LogP contribution in [0.5, 0.6) is 0 Å². The van der Waals surface area contributed by atoms with Gasteiger partial charge in [-0.2, -0.15) is 0 Å². The number of aromatic nitrogens is 6. The number of pyridine rings is 2. The van der Waals surface area contributed by atoms with Crippen LogP contribution < -0.4 is 4.90 Å². The fraction of sp³-hybridized carbons (Fsp3) is 0. The second-order valence-corrected chi connectivity index (χ2v) is 13.6. The van der Waals surface area contributed by atoms with Gasteiger partial charge in [-0.1, -0.05) is 97.1 Å². The molecular weight excluding hydrogens is 675 g/mol. The third-order valence-electron chi connectivity index (χ3n) is 10.4. The van der Waals surface area contributed by atoms with Crippen molar-refractivity contribution in [3.8, 4) is 56.4 Å². The lowest BCUT2D eigenvalue weighted by atomic mass is 9.95. The molecule has 1 aliphatic rings. The topological polar surface area (TPSA) is 64.7 Å². The van der Waals surface area contributed by atoms with Gasteiger partial charge < -0.3 is 4.90 Å². The number of imidazole rings is 2. The summed E-state index contributed by atoms with van der Waals surface area (Å²) in [5, 5.41) is 0. The molecule has 0 aliphatic carbocycles. The summed E-state index contributed by atoms with van der Waals surface area (Å²) < 4.78 is 4.31. The van der Waals surface area contributed by atoms with Crippen molar-refractivity contribution in [1.82, 2.24) is 29.1 Å². The average Bonchev–Trinajstić information content (AvgIpc) is 3.81. The maximum atomic E-state index is 5.29. The number of hydrogen-bond donors (Lipinski definition) is 0. The SMILES string of the molecule is c1ccc(-n2c(-c3cc(-c4nc5cccnc5n4-c4ccccc4)cc(N4c5ccccc5-c5ccccc5-c5ccccc54)c3)nc3cccnc32)cc1. The standard InChI is InChI=1S/C48H31N7/c1-3-15-34(16-4-1)54-45(51-41-23-13-27-49-47(41)54)32-29-33(46-52-42-24-14-28-50-48(42)55(46)35-17-5-2-6-18-35)31-36(30-32)53-43-25-11-9-21-39(43)37-19-7-8-20-38(37)40-22-10-12-26-44(40)53/h1-31H. The Bertz CT molecular complexity index is 2850. The molecule has 258 valence electrons. The molecule has 0 amide bonds. The third kappa shape index (κ3) is 4.98. The Hall–Kier alpha value is -7.64. The molecule has 6 aromatic carbocycles. The number of nitrogens with zero attached hydrogens (tertiary/aromatic N) is 7. The maximum Gasteiger partial charge on any atom is 0.164 e. The van der Waals surface area contributed by atoms with Gasteiger partial charge in [0.15, 0.2) is 11.3 Å². The third-order valence-corrected chi connectivity index (χ3v) is 10.4.